The highest BCUT2D eigenvalue weighted by Gasteiger charge is 2.09. The van der Waals surface area contributed by atoms with Crippen molar-refractivity contribution >= 4 is 27.5 Å². The summed E-state index contributed by atoms with van der Waals surface area (Å²) in [4.78, 5) is 14.2. The van der Waals surface area contributed by atoms with Gasteiger partial charge in [0.2, 0.25) is 5.91 Å². The average Bonchev–Trinajstić information content (AvgIpc) is 3.06. The fraction of sp³-hybridized carbons (Fsp3) is 0.938. The molecule has 0 aromatic heterocycles. The molecule has 0 aromatic carbocycles. The Labute approximate surface area is 149 Å². The van der Waals surface area contributed by atoms with Crippen LogP contribution in [0.4, 0.5) is 0 Å². The van der Waals surface area contributed by atoms with Gasteiger partial charge in [0, 0.05) is 37.6 Å². The molecule has 1 aliphatic rings. The van der Waals surface area contributed by atoms with Crippen LogP contribution in [0.2, 0.25) is 0 Å². The average molecular weight is 363 g/mol. The van der Waals surface area contributed by atoms with E-state index in [2.05, 4.69) is 27.8 Å². The van der Waals surface area contributed by atoms with Crippen molar-refractivity contribution in [3.8, 4) is 0 Å². The Balaban J connectivity index is 1.76. The number of carbonyl (C=O) groups excluding carboxylic acids is 1. The summed E-state index contributed by atoms with van der Waals surface area (Å²) in [5.74, 6) is 2.26. The maximum Gasteiger partial charge on any atom is 0.221 e. The fourth-order valence-corrected chi connectivity index (χ4v) is 4.35. The number of hydrogen-bond acceptors (Lipinski definition) is 6. The van der Waals surface area contributed by atoms with Gasteiger partial charge >= 0.3 is 0 Å². The summed E-state index contributed by atoms with van der Waals surface area (Å²) in [7, 11) is 3.70. The third-order valence-corrected chi connectivity index (χ3v) is 6.17. The molecular formula is C16H34N4OS2. The number of likely N-dealkylation sites (tertiary alicyclic amines) is 1. The topological polar surface area (TPSA) is 56.4 Å². The van der Waals surface area contributed by atoms with E-state index in [-0.39, 0.29) is 5.91 Å². The molecule has 0 atom stereocenters. The van der Waals surface area contributed by atoms with Gasteiger partial charge in [0.05, 0.1) is 0 Å². The number of rotatable bonds is 15. The second kappa shape index (κ2) is 15.6. The Bertz CT molecular complexity index is 289. The van der Waals surface area contributed by atoms with E-state index in [9.17, 15) is 4.79 Å². The van der Waals surface area contributed by atoms with E-state index in [1.807, 2.05) is 21.6 Å². The van der Waals surface area contributed by atoms with Gasteiger partial charge in [0.15, 0.2) is 0 Å². The van der Waals surface area contributed by atoms with Crippen molar-refractivity contribution in [3.63, 3.8) is 0 Å². The predicted molar refractivity (Wildman–Crippen MR) is 104 cm³/mol. The summed E-state index contributed by atoms with van der Waals surface area (Å²) < 4.78 is 0. The van der Waals surface area contributed by atoms with Crippen LogP contribution in [0.1, 0.15) is 32.6 Å². The van der Waals surface area contributed by atoms with Crippen molar-refractivity contribution in [2.45, 2.75) is 32.6 Å². The van der Waals surface area contributed by atoms with E-state index < -0.39 is 0 Å². The normalized spacial score (nSPS) is 15.2. The molecule has 136 valence electrons. The quantitative estimate of drug-likeness (QED) is 0.304. The lowest BCUT2D eigenvalue weighted by atomic mass is 10.3. The second-order valence-corrected chi connectivity index (χ2v) is 8.45. The van der Waals surface area contributed by atoms with Crippen LogP contribution in [0.5, 0.6) is 0 Å². The van der Waals surface area contributed by atoms with Gasteiger partial charge in [-0.3, -0.25) is 4.79 Å². The standard InChI is InChI=1S/C16H34N4OS2/c1-2-17-9-14-22-23-15-10-19-16(21)6-8-18-7-5-13-20-11-3-4-12-20/h17-18H,2-15H2,1H3,(H,19,21). The minimum atomic E-state index is 0.162. The number of nitrogens with one attached hydrogen (secondary N) is 3. The molecule has 1 amide bonds. The molecule has 1 aliphatic heterocycles. The fourth-order valence-electron chi connectivity index (χ4n) is 2.49. The maximum absolute atomic E-state index is 11.7. The summed E-state index contributed by atoms with van der Waals surface area (Å²) >= 11 is 0. The summed E-state index contributed by atoms with van der Waals surface area (Å²) in [5.41, 5.74) is 0. The largest absolute Gasteiger partial charge is 0.355 e. The molecule has 3 N–H and O–H groups in total. The van der Waals surface area contributed by atoms with Gasteiger partial charge in [-0.2, -0.15) is 0 Å². The second-order valence-electron chi connectivity index (χ2n) is 5.75. The van der Waals surface area contributed by atoms with Gasteiger partial charge in [0.25, 0.3) is 0 Å². The van der Waals surface area contributed by atoms with E-state index in [0.717, 1.165) is 44.2 Å². The smallest absolute Gasteiger partial charge is 0.221 e. The first-order valence-corrected chi connectivity index (χ1v) is 11.5. The van der Waals surface area contributed by atoms with Gasteiger partial charge in [0.1, 0.15) is 0 Å². The summed E-state index contributed by atoms with van der Waals surface area (Å²) in [6.45, 7) is 10.5. The Kier molecular flexibility index (Phi) is 14.3. The summed E-state index contributed by atoms with van der Waals surface area (Å²) in [6.07, 6.45) is 4.49. The number of nitrogens with zero attached hydrogens (tertiary/aromatic N) is 1. The molecule has 1 saturated heterocycles. The van der Waals surface area contributed by atoms with Crippen LogP contribution < -0.4 is 16.0 Å². The van der Waals surface area contributed by atoms with Gasteiger partial charge in [-0.15, -0.1) is 0 Å². The molecule has 0 unspecified atom stereocenters. The van der Waals surface area contributed by atoms with Crippen molar-refractivity contribution in [3.05, 3.63) is 0 Å². The minimum Gasteiger partial charge on any atom is -0.355 e. The Hall–Kier alpha value is 0.0500. The first-order valence-electron chi connectivity index (χ1n) is 8.98. The highest BCUT2D eigenvalue weighted by atomic mass is 33.1. The Morgan fingerprint density at radius 3 is 2.48 bits per heavy atom. The first-order chi connectivity index (χ1) is 11.3. The SMILES string of the molecule is CCNCCSSCCNC(=O)CCNCCCN1CCCC1. The molecule has 0 bridgehead atoms. The molecule has 7 heteroatoms. The van der Waals surface area contributed by atoms with Crippen molar-refractivity contribution in [1.82, 2.24) is 20.9 Å². The van der Waals surface area contributed by atoms with Crippen LogP contribution in [0.15, 0.2) is 0 Å². The van der Waals surface area contributed by atoms with Gasteiger partial charge < -0.3 is 20.9 Å². The highest BCUT2D eigenvalue weighted by Crippen LogP contribution is 2.19. The van der Waals surface area contributed by atoms with Gasteiger partial charge in [-0.1, -0.05) is 28.5 Å². The lowest BCUT2D eigenvalue weighted by Gasteiger charge is -2.14. The van der Waals surface area contributed by atoms with Crippen molar-refractivity contribution in [1.29, 1.82) is 0 Å². The zero-order valence-electron chi connectivity index (χ0n) is 14.6. The van der Waals surface area contributed by atoms with E-state index in [0.29, 0.717) is 6.42 Å². The zero-order valence-corrected chi connectivity index (χ0v) is 16.2. The molecule has 0 aliphatic carbocycles. The van der Waals surface area contributed by atoms with Crippen molar-refractivity contribution < 1.29 is 4.79 Å². The lowest BCUT2D eigenvalue weighted by Crippen LogP contribution is -2.30. The molecule has 0 spiro atoms. The van der Waals surface area contributed by atoms with Crippen LogP contribution >= 0.6 is 21.6 Å². The number of carbonyl (C=O) groups is 1. The molecular weight excluding hydrogens is 328 g/mol. The monoisotopic (exact) mass is 362 g/mol. The zero-order chi connectivity index (χ0) is 16.6. The maximum atomic E-state index is 11.7. The van der Waals surface area contributed by atoms with Crippen molar-refractivity contribution in [2.75, 3.05) is 63.9 Å². The van der Waals surface area contributed by atoms with Gasteiger partial charge in [-0.05, 0) is 52.0 Å². The van der Waals surface area contributed by atoms with Crippen LogP contribution in [0.3, 0.4) is 0 Å². The molecule has 1 rings (SSSR count). The molecule has 5 nitrogen and oxygen atoms in total. The van der Waals surface area contributed by atoms with Crippen LogP contribution in [0.25, 0.3) is 0 Å². The van der Waals surface area contributed by atoms with Crippen LogP contribution in [-0.2, 0) is 4.79 Å². The van der Waals surface area contributed by atoms with Crippen LogP contribution in [-0.4, -0.2) is 74.7 Å². The minimum absolute atomic E-state index is 0.162. The van der Waals surface area contributed by atoms with E-state index in [1.165, 1.54) is 38.9 Å². The molecule has 0 radical (unpaired) electrons. The lowest BCUT2D eigenvalue weighted by molar-refractivity contribution is -0.120. The van der Waals surface area contributed by atoms with Crippen molar-refractivity contribution in [2.24, 2.45) is 0 Å². The predicted octanol–water partition coefficient (Wildman–Crippen LogP) is 1.56. The highest BCUT2D eigenvalue weighted by molar-refractivity contribution is 8.76. The molecule has 1 fully saturated rings. The van der Waals surface area contributed by atoms with Gasteiger partial charge in [-0.25, -0.2) is 0 Å². The van der Waals surface area contributed by atoms with E-state index in [4.69, 9.17) is 0 Å². The van der Waals surface area contributed by atoms with E-state index >= 15 is 0 Å². The van der Waals surface area contributed by atoms with E-state index in [1.54, 1.807) is 0 Å². The number of hydrogen-bond donors (Lipinski definition) is 3. The third kappa shape index (κ3) is 13.1. The molecule has 23 heavy (non-hydrogen) atoms. The Morgan fingerprint density at radius 1 is 1.00 bits per heavy atom. The third-order valence-electron chi connectivity index (χ3n) is 3.76. The first kappa shape index (κ1) is 21.1. The summed E-state index contributed by atoms with van der Waals surface area (Å²) in [5, 5.41) is 9.65. The molecule has 1 heterocycles. The van der Waals surface area contributed by atoms with Crippen LogP contribution in [0, 0.1) is 0 Å². The summed E-state index contributed by atoms with van der Waals surface area (Å²) in [6, 6.07) is 0. The Morgan fingerprint density at radius 2 is 1.74 bits per heavy atom. The number of amides is 1. The molecule has 0 aromatic rings. The molecule has 0 saturated carbocycles.